The number of alkyl halides is 3. The number of rotatable bonds is 7. The Bertz CT molecular complexity index is 834. The lowest BCUT2D eigenvalue weighted by atomic mass is 10.0. The van der Waals surface area contributed by atoms with E-state index in [0.717, 1.165) is 0 Å². The van der Waals surface area contributed by atoms with Gasteiger partial charge >= 0.3 is 17.7 Å². The molecule has 2 rings (SSSR count). The molecule has 0 saturated carbocycles. The zero-order chi connectivity index (χ0) is 20.9. The van der Waals surface area contributed by atoms with Crippen LogP contribution in [0.15, 0.2) is 48.5 Å². The van der Waals surface area contributed by atoms with E-state index in [1.165, 1.54) is 6.92 Å². The minimum absolute atomic E-state index is 0.216. The van der Waals surface area contributed by atoms with Crippen molar-refractivity contribution < 1.29 is 19.1 Å². The van der Waals surface area contributed by atoms with Crippen molar-refractivity contribution >= 4 is 88.6 Å². The Hall–Kier alpha value is -0.800. The first-order chi connectivity index (χ1) is 13.2. The van der Waals surface area contributed by atoms with Crippen LogP contribution in [0.5, 0.6) is 0 Å². The number of esters is 2. The van der Waals surface area contributed by atoms with Gasteiger partial charge in [0.15, 0.2) is 5.01 Å². The third-order valence-electron chi connectivity index (χ3n) is 3.45. The number of ether oxygens (including phenoxy) is 2. The summed E-state index contributed by atoms with van der Waals surface area (Å²) in [4.78, 5) is 25.2. The van der Waals surface area contributed by atoms with Crippen molar-refractivity contribution in [1.29, 1.82) is 0 Å². The van der Waals surface area contributed by atoms with Gasteiger partial charge in [0.1, 0.15) is 3.74 Å². The highest BCUT2D eigenvalue weighted by Crippen LogP contribution is 2.38. The molecule has 0 heterocycles. The minimum Gasteiger partial charge on any atom is -0.444 e. The van der Waals surface area contributed by atoms with Gasteiger partial charge in [-0.25, -0.2) is 4.79 Å². The maximum Gasteiger partial charge on any atom is 0.378 e. The fourth-order valence-electron chi connectivity index (χ4n) is 2.29. The van der Waals surface area contributed by atoms with Gasteiger partial charge < -0.3 is 14.8 Å². The van der Waals surface area contributed by atoms with Crippen molar-refractivity contribution in [2.45, 2.75) is 21.4 Å². The second kappa shape index (κ2) is 10.3. The van der Waals surface area contributed by atoms with Gasteiger partial charge in [-0.1, -0.05) is 91.5 Å². The highest BCUT2D eigenvalue weighted by atomic mass is 79.9. The number of anilines is 1. The normalized spacial score (nSPS) is 14.1. The van der Waals surface area contributed by atoms with E-state index in [0.29, 0.717) is 5.56 Å². The predicted octanol–water partition coefficient (Wildman–Crippen LogP) is 6.20. The van der Waals surface area contributed by atoms with E-state index in [9.17, 15) is 9.59 Å². The van der Waals surface area contributed by atoms with Crippen molar-refractivity contribution in [3.05, 3.63) is 64.1 Å². The molecule has 0 aliphatic carbocycles. The molecule has 2 atom stereocenters. The molecule has 0 bridgehead atoms. The molecule has 2 unspecified atom stereocenters. The summed E-state index contributed by atoms with van der Waals surface area (Å²) in [6.07, 6.45) is 0. The molecule has 150 valence electrons. The number of benzene rings is 2. The molecule has 0 radical (unpaired) electrons. The summed E-state index contributed by atoms with van der Waals surface area (Å²) in [6.45, 7) is 1.18. The first-order valence-corrected chi connectivity index (χ1v) is 11.3. The van der Waals surface area contributed by atoms with Crippen molar-refractivity contribution in [1.82, 2.24) is 0 Å². The topological polar surface area (TPSA) is 64.6 Å². The number of nitrogens with one attached hydrogen (secondary N) is 1. The number of carbonyl (C=O) groups is 2. The molecule has 5 nitrogen and oxygen atoms in total. The molecule has 28 heavy (non-hydrogen) atoms. The smallest absolute Gasteiger partial charge is 0.378 e. The number of hydrogen-bond acceptors (Lipinski definition) is 5. The van der Waals surface area contributed by atoms with Gasteiger partial charge in [0.2, 0.25) is 0 Å². The lowest BCUT2D eigenvalue weighted by Gasteiger charge is -2.34. The summed E-state index contributed by atoms with van der Waals surface area (Å²) in [5.41, 5.74) is -1.48. The standard InChI is InChI=1S/C18H14Br3Cl2NO4/c1-10(25)28-18(11-6-3-2-4-7-11,17(26)27-16(21)15(19)20)24-14-12(22)8-5-9-13(14)23/h2-9,15-16,24H,1H3. The van der Waals surface area contributed by atoms with Crippen LogP contribution in [0, 0.1) is 0 Å². The van der Waals surface area contributed by atoms with Crippen LogP contribution in [0.25, 0.3) is 0 Å². The van der Waals surface area contributed by atoms with Gasteiger partial charge in [-0.05, 0) is 28.1 Å². The van der Waals surface area contributed by atoms with Crippen LogP contribution in [0.1, 0.15) is 12.5 Å². The molecule has 2 aromatic rings. The average Bonchev–Trinajstić information content (AvgIpc) is 2.64. The predicted molar refractivity (Wildman–Crippen MR) is 120 cm³/mol. The Morgan fingerprint density at radius 2 is 1.57 bits per heavy atom. The van der Waals surface area contributed by atoms with E-state index in [4.69, 9.17) is 32.7 Å². The SMILES string of the molecule is CC(=O)OC(Nc1c(Cl)cccc1Cl)(C(=O)OC(Br)C(Br)Br)c1ccccc1. The second-order valence-electron chi connectivity index (χ2n) is 5.45. The lowest BCUT2D eigenvalue weighted by Crippen LogP contribution is -2.49. The van der Waals surface area contributed by atoms with Crippen molar-refractivity contribution in [3.8, 4) is 0 Å². The molecule has 2 aromatic carbocycles. The molecule has 0 fully saturated rings. The third-order valence-corrected chi connectivity index (χ3v) is 7.17. The molecule has 0 aliphatic heterocycles. The Morgan fingerprint density at radius 1 is 1.00 bits per heavy atom. The summed E-state index contributed by atoms with van der Waals surface area (Å²) >= 11 is 22.3. The summed E-state index contributed by atoms with van der Waals surface area (Å²) in [7, 11) is 0. The molecule has 0 saturated heterocycles. The molecule has 10 heteroatoms. The summed E-state index contributed by atoms with van der Waals surface area (Å²) in [5.74, 6) is -1.59. The molecule has 0 aliphatic rings. The molecule has 1 N–H and O–H groups in total. The Labute approximate surface area is 197 Å². The number of carbonyl (C=O) groups excluding carboxylic acids is 2. The van der Waals surface area contributed by atoms with Crippen LogP contribution in [0.2, 0.25) is 10.0 Å². The Kier molecular flexibility index (Phi) is 8.63. The first-order valence-electron chi connectivity index (χ1n) is 7.78. The zero-order valence-corrected chi connectivity index (χ0v) is 20.6. The minimum atomic E-state index is -2.03. The van der Waals surface area contributed by atoms with Crippen LogP contribution in [0.3, 0.4) is 0 Å². The second-order valence-corrected chi connectivity index (χ2v) is 10.4. The average molecular weight is 619 g/mol. The van der Waals surface area contributed by atoms with Crippen molar-refractivity contribution in [3.63, 3.8) is 0 Å². The van der Waals surface area contributed by atoms with Crippen molar-refractivity contribution in [2.24, 2.45) is 0 Å². The number of halogens is 5. The van der Waals surface area contributed by atoms with Gasteiger partial charge in [-0.2, -0.15) is 0 Å². The van der Waals surface area contributed by atoms with Crippen LogP contribution >= 0.6 is 71.0 Å². The fourth-order valence-corrected chi connectivity index (χ4v) is 3.16. The summed E-state index contributed by atoms with van der Waals surface area (Å²) in [6, 6.07) is 13.2. The van der Waals surface area contributed by atoms with Crippen LogP contribution in [0.4, 0.5) is 5.69 Å². The van der Waals surface area contributed by atoms with E-state index < -0.39 is 26.4 Å². The largest absolute Gasteiger partial charge is 0.444 e. The van der Waals surface area contributed by atoms with Crippen LogP contribution in [-0.4, -0.2) is 20.7 Å². The van der Waals surface area contributed by atoms with E-state index in [1.54, 1.807) is 48.5 Å². The van der Waals surface area contributed by atoms with E-state index >= 15 is 0 Å². The Balaban J connectivity index is 2.63. The third kappa shape index (κ3) is 5.63. The van der Waals surface area contributed by atoms with Crippen LogP contribution < -0.4 is 5.32 Å². The zero-order valence-electron chi connectivity index (χ0n) is 14.3. The molecular weight excluding hydrogens is 605 g/mol. The van der Waals surface area contributed by atoms with Gasteiger partial charge in [-0.3, -0.25) is 4.79 Å². The number of para-hydroxylation sites is 1. The summed E-state index contributed by atoms with van der Waals surface area (Å²) in [5, 5.41) is 2.60. The molecule has 0 spiro atoms. The molecule has 0 amide bonds. The van der Waals surface area contributed by atoms with Crippen LogP contribution in [-0.2, 0) is 24.8 Å². The fraction of sp³-hybridized carbons (Fsp3) is 0.222. The van der Waals surface area contributed by atoms with Gasteiger partial charge in [-0.15, -0.1) is 0 Å². The monoisotopic (exact) mass is 615 g/mol. The lowest BCUT2D eigenvalue weighted by molar-refractivity contribution is -0.180. The highest BCUT2D eigenvalue weighted by molar-refractivity contribution is 9.25. The van der Waals surface area contributed by atoms with Gasteiger partial charge in [0.05, 0.1) is 15.7 Å². The Morgan fingerprint density at radius 3 is 2.07 bits per heavy atom. The van der Waals surface area contributed by atoms with E-state index in [-0.39, 0.29) is 15.7 Å². The van der Waals surface area contributed by atoms with E-state index in [1.807, 2.05) is 0 Å². The van der Waals surface area contributed by atoms with E-state index in [2.05, 4.69) is 53.1 Å². The molecule has 0 aromatic heterocycles. The maximum absolute atomic E-state index is 13.2. The summed E-state index contributed by atoms with van der Waals surface area (Å²) < 4.78 is 10.5. The first kappa shape index (κ1) is 23.5. The van der Waals surface area contributed by atoms with Crippen molar-refractivity contribution in [2.75, 3.05) is 5.32 Å². The highest BCUT2D eigenvalue weighted by Gasteiger charge is 2.47. The number of hydrogen-bond donors (Lipinski definition) is 1. The maximum atomic E-state index is 13.2. The quantitative estimate of drug-likeness (QED) is 0.227. The van der Waals surface area contributed by atoms with Gasteiger partial charge in [0.25, 0.3) is 0 Å². The molecular formula is C18H14Br3Cl2NO4. The van der Waals surface area contributed by atoms with Gasteiger partial charge in [0, 0.05) is 12.5 Å².